The molecule has 0 saturated carbocycles. The van der Waals surface area contributed by atoms with Crippen LogP contribution in [0.5, 0.6) is 11.5 Å². The molecule has 1 fully saturated rings. The van der Waals surface area contributed by atoms with Crippen molar-refractivity contribution in [3.63, 3.8) is 0 Å². The first-order chi connectivity index (χ1) is 14.2. The van der Waals surface area contributed by atoms with Crippen LogP contribution in [0.1, 0.15) is 11.3 Å². The second-order valence-corrected chi connectivity index (χ2v) is 7.92. The van der Waals surface area contributed by atoms with Crippen LogP contribution in [0.25, 0.3) is 0 Å². The van der Waals surface area contributed by atoms with Gasteiger partial charge in [0.25, 0.3) is 0 Å². The van der Waals surface area contributed by atoms with E-state index in [2.05, 4.69) is 10.4 Å². The molecule has 2 aliphatic rings. The lowest BCUT2D eigenvalue weighted by molar-refractivity contribution is -0.122. The number of nitrogens with zero attached hydrogens (tertiary/aromatic N) is 3. The Morgan fingerprint density at radius 1 is 1.24 bits per heavy atom. The van der Waals surface area contributed by atoms with E-state index in [9.17, 15) is 9.59 Å². The molecule has 1 N–H and O–H groups in total. The van der Waals surface area contributed by atoms with E-state index in [0.29, 0.717) is 36.1 Å². The molecule has 5 rings (SSSR count). The number of hydrogen-bond donors (Lipinski definition) is 1. The molecule has 0 unspecified atom stereocenters. The third kappa shape index (κ3) is 3.44. The molecule has 1 aromatic carbocycles. The third-order valence-electron chi connectivity index (χ3n) is 5.02. The maximum Gasteiger partial charge on any atom is 0.231 e. The van der Waals surface area contributed by atoms with Crippen LogP contribution in [-0.4, -0.2) is 34.9 Å². The standard InChI is InChI=1S/C20H18N4O4S/c25-19-8-13(10-23(19)14-3-4-16-17(9-14)28-12-27-16)20(26)22-18-5-6-21-24(18)11-15-2-1-7-29-15/h1-7,9,13H,8,10-12H2,(H,22,26)/t13-/m0/s1. The van der Waals surface area contributed by atoms with Gasteiger partial charge in [-0.25, -0.2) is 4.68 Å². The van der Waals surface area contributed by atoms with E-state index < -0.39 is 5.92 Å². The third-order valence-corrected chi connectivity index (χ3v) is 5.88. The van der Waals surface area contributed by atoms with Gasteiger partial charge in [0, 0.05) is 35.7 Å². The van der Waals surface area contributed by atoms with E-state index in [1.54, 1.807) is 45.3 Å². The first kappa shape index (κ1) is 17.7. The van der Waals surface area contributed by atoms with Crippen molar-refractivity contribution in [1.82, 2.24) is 9.78 Å². The average Bonchev–Trinajstić information content (AvgIpc) is 3.49. The van der Waals surface area contributed by atoms with E-state index in [1.165, 1.54) is 0 Å². The number of rotatable bonds is 5. The summed E-state index contributed by atoms with van der Waals surface area (Å²) in [6.07, 6.45) is 1.82. The van der Waals surface area contributed by atoms with Gasteiger partial charge < -0.3 is 19.7 Å². The topological polar surface area (TPSA) is 85.7 Å². The van der Waals surface area contributed by atoms with Gasteiger partial charge in [-0.3, -0.25) is 9.59 Å². The van der Waals surface area contributed by atoms with Crippen molar-refractivity contribution in [1.29, 1.82) is 0 Å². The van der Waals surface area contributed by atoms with Crippen LogP contribution in [0, 0.1) is 5.92 Å². The molecular weight excluding hydrogens is 392 g/mol. The van der Waals surface area contributed by atoms with Crippen LogP contribution in [0.3, 0.4) is 0 Å². The fourth-order valence-electron chi connectivity index (χ4n) is 3.53. The number of benzene rings is 1. The fraction of sp³-hybridized carbons (Fsp3) is 0.250. The highest BCUT2D eigenvalue weighted by Gasteiger charge is 2.36. The molecule has 1 saturated heterocycles. The van der Waals surface area contributed by atoms with Gasteiger partial charge in [-0.15, -0.1) is 11.3 Å². The summed E-state index contributed by atoms with van der Waals surface area (Å²) in [7, 11) is 0. The van der Waals surface area contributed by atoms with Gasteiger partial charge in [0.15, 0.2) is 11.5 Å². The molecule has 1 atom stereocenters. The quantitative estimate of drug-likeness (QED) is 0.699. The molecule has 9 heteroatoms. The number of amides is 2. The second-order valence-electron chi connectivity index (χ2n) is 6.89. The maximum atomic E-state index is 12.8. The lowest BCUT2D eigenvalue weighted by Crippen LogP contribution is -2.28. The minimum Gasteiger partial charge on any atom is -0.454 e. The lowest BCUT2D eigenvalue weighted by atomic mass is 10.1. The maximum absolute atomic E-state index is 12.8. The Morgan fingerprint density at radius 3 is 3.00 bits per heavy atom. The van der Waals surface area contributed by atoms with Gasteiger partial charge >= 0.3 is 0 Å². The number of anilines is 2. The minimum absolute atomic E-state index is 0.0869. The number of aromatic nitrogens is 2. The Labute approximate surface area is 170 Å². The predicted molar refractivity (Wildman–Crippen MR) is 107 cm³/mol. The molecule has 2 aromatic heterocycles. The molecule has 3 aromatic rings. The number of hydrogen-bond acceptors (Lipinski definition) is 6. The summed E-state index contributed by atoms with van der Waals surface area (Å²) in [4.78, 5) is 28.1. The normalized spacial score (nSPS) is 17.7. The van der Waals surface area contributed by atoms with Crippen LogP contribution < -0.4 is 19.7 Å². The molecule has 29 heavy (non-hydrogen) atoms. The Hall–Kier alpha value is -3.33. The first-order valence-electron chi connectivity index (χ1n) is 9.22. The molecule has 4 heterocycles. The Kier molecular flexibility index (Phi) is 4.44. The molecule has 0 spiro atoms. The molecule has 0 aliphatic carbocycles. The number of carbonyl (C=O) groups is 2. The fourth-order valence-corrected chi connectivity index (χ4v) is 4.22. The van der Waals surface area contributed by atoms with Gasteiger partial charge in [-0.2, -0.15) is 5.10 Å². The van der Waals surface area contributed by atoms with Crippen LogP contribution >= 0.6 is 11.3 Å². The van der Waals surface area contributed by atoms with Gasteiger partial charge in [0.1, 0.15) is 5.82 Å². The van der Waals surface area contributed by atoms with Gasteiger partial charge in [-0.05, 0) is 23.6 Å². The van der Waals surface area contributed by atoms with Crippen molar-refractivity contribution in [2.75, 3.05) is 23.6 Å². The molecule has 2 aliphatic heterocycles. The number of ether oxygens (including phenoxy) is 2. The van der Waals surface area contributed by atoms with Crippen molar-refractivity contribution in [2.24, 2.45) is 5.92 Å². The molecule has 2 amide bonds. The van der Waals surface area contributed by atoms with Crippen LogP contribution in [-0.2, 0) is 16.1 Å². The van der Waals surface area contributed by atoms with Gasteiger partial charge in [0.2, 0.25) is 18.6 Å². The smallest absolute Gasteiger partial charge is 0.231 e. The molecule has 0 bridgehead atoms. The van der Waals surface area contributed by atoms with Gasteiger partial charge in [-0.1, -0.05) is 6.07 Å². The van der Waals surface area contributed by atoms with Crippen molar-refractivity contribution in [2.45, 2.75) is 13.0 Å². The monoisotopic (exact) mass is 410 g/mol. The van der Waals surface area contributed by atoms with Crippen molar-refractivity contribution in [3.8, 4) is 11.5 Å². The van der Waals surface area contributed by atoms with Crippen molar-refractivity contribution < 1.29 is 19.1 Å². The summed E-state index contributed by atoms with van der Waals surface area (Å²) in [6, 6.07) is 11.1. The molecule has 0 radical (unpaired) electrons. The largest absolute Gasteiger partial charge is 0.454 e. The lowest BCUT2D eigenvalue weighted by Gasteiger charge is -2.17. The Morgan fingerprint density at radius 2 is 2.14 bits per heavy atom. The Bertz CT molecular complexity index is 1060. The summed E-state index contributed by atoms with van der Waals surface area (Å²) in [5, 5.41) is 9.21. The number of nitrogens with one attached hydrogen (secondary N) is 1. The number of thiophene rings is 1. The summed E-state index contributed by atoms with van der Waals surface area (Å²) in [5.41, 5.74) is 0.706. The van der Waals surface area contributed by atoms with Crippen molar-refractivity contribution >= 4 is 34.7 Å². The number of carbonyl (C=O) groups excluding carboxylic acids is 2. The highest BCUT2D eigenvalue weighted by atomic mass is 32.1. The second kappa shape index (κ2) is 7.25. The predicted octanol–water partition coefficient (Wildman–Crippen LogP) is 2.71. The van der Waals surface area contributed by atoms with E-state index in [4.69, 9.17) is 9.47 Å². The van der Waals surface area contributed by atoms with E-state index in [0.717, 1.165) is 4.88 Å². The summed E-state index contributed by atoms with van der Waals surface area (Å²) < 4.78 is 12.4. The SMILES string of the molecule is O=C(Nc1ccnn1Cc1cccs1)[C@H]1CC(=O)N(c2ccc3c(c2)OCO3)C1. The van der Waals surface area contributed by atoms with E-state index in [-0.39, 0.29) is 25.0 Å². The zero-order valence-electron chi connectivity index (χ0n) is 15.4. The highest BCUT2D eigenvalue weighted by Crippen LogP contribution is 2.37. The average molecular weight is 410 g/mol. The van der Waals surface area contributed by atoms with Crippen LogP contribution in [0.2, 0.25) is 0 Å². The van der Waals surface area contributed by atoms with E-state index >= 15 is 0 Å². The molecular formula is C20H18N4O4S. The van der Waals surface area contributed by atoms with Crippen LogP contribution in [0.15, 0.2) is 48.0 Å². The summed E-state index contributed by atoms with van der Waals surface area (Å²) in [6.45, 7) is 1.09. The van der Waals surface area contributed by atoms with Crippen LogP contribution in [0.4, 0.5) is 11.5 Å². The molecule has 148 valence electrons. The zero-order valence-corrected chi connectivity index (χ0v) is 16.2. The van der Waals surface area contributed by atoms with Crippen molar-refractivity contribution in [3.05, 3.63) is 52.9 Å². The zero-order chi connectivity index (χ0) is 19.8. The number of fused-ring (bicyclic) bond motifs is 1. The molecule has 8 nitrogen and oxygen atoms in total. The summed E-state index contributed by atoms with van der Waals surface area (Å²) >= 11 is 1.64. The Balaban J connectivity index is 1.27. The minimum atomic E-state index is -0.432. The first-order valence-corrected chi connectivity index (χ1v) is 10.1. The highest BCUT2D eigenvalue weighted by molar-refractivity contribution is 7.09. The van der Waals surface area contributed by atoms with E-state index in [1.807, 2.05) is 23.6 Å². The summed E-state index contributed by atoms with van der Waals surface area (Å²) in [5.74, 6) is 1.19. The van der Waals surface area contributed by atoms with Gasteiger partial charge in [0.05, 0.1) is 18.7 Å².